The van der Waals surface area contributed by atoms with E-state index < -0.39 is 0 Å². The van der Waals surface area contributed by atoms with Gasteiger partial charge in [-0.15, -0.1) is 0 Å². The van der Waals surface area contributed by atoms with Crippen molar-refractivity contribution in [2.45, 2.75) is 45.0 Å². The highest BCUT2D eigenvalue weighted by molar-refractivity contribution is 7.99. The largest absolute Gasteiger partial charge is 0.322 e. The number of nitrogens with two attached hydrogens (primary N) is 1. The quantitative estimate of drug-likeness (QED) is 0.856. The number of aryl methyl sites for hydroxylation is 1. The van der Waals surface area contributed by atoms with Gasteiger partial charge < -0.3 is 5.73 Å². The highest BCUT2D eigenvalue weighted by atomic mass is 35.5. The number of hydrogen-bond donors (Lipinski definition) is 1. The molecule has 0 aliphatic heterocycles. The summed E-state index contributed by atoms with van der Waals surface area (Å²) in [4.78, 5) is 0. The van der Waals surface area contributed by atoms with Gasteiger partial charge in [-0.25, -0.2) is 0 Å². The van der Waals surface area contributed by atoms with Crippen molar-refractivity contribution in [3.8, 4) is 0 Å². The van der Waals surface area contributed by atoms with Gasteiger partial charge in [0.15, 0.2) is 0 Å². The molecule has 2 unspecified atom stereocenters. The zero-order chi connectivity index (χ0) is 12.1. The van der Waals surface area contributed by atoms with Crippen LogP contribution in [0.4, 0.5) is 0 Å². The van der Waals surface area contributed by atoms with Crippen LogP contribution >= 0.6 is 23.4 Å². The maximum atomic E-state index is 6.15. The van der Waals surface area contributed by atoms with Crippen LogP contribution in [0.3, 0.4) is 0 Å². The molecule has 0 aromatic carbocycles. The van der Waals surface area contributed by atoms with Crippen LogP contribution in [-0.4, -0.2) is 20.8 Å². The van der Waals surface area contributed by atoms with E-state index in [0.29, 0.717) is 10.3 Å². The Labute approximate surface area is 107 Å². The highest BCUT2D eigenvalue weighted by Crippen LogP contribution is 2.26. The van der Waals surface area contributed by atoms with Gasteiger partial charge in [-0.3, -0.25) is 4.68 Å². The maximum Gasteiger partial charge on any atom is 0.0834 e. The van der Waals surface area contributed by atoms with Crippen LogP contribution in [0.5, 0.6) is 0 Å². The average Bonchev–Trinajstić information content (AvgIpc) is 2.66. The first-order valence-corrected chi connectivity index (χ1v) is 7.11. The molecule has 0 aliphatic rings. The van der Waals surface area contributed by atoms with Crippen molar-refractivity contribution in [1.82, 2.24) is 9.78 Å². The number of halogens is 1. The molecule has 1 rings (SSSR count). The summed E-state index contributed by atoms with van der Waals surface area (Å²) in [6.07, 6.45) is 2.84. The molecule has 92 valence electrons. The fraction of sp³-hybridized carbons (Fsp3) is 0.727. The van der Waals surface area contributed by atoms with Crippen LogP contribution < -0.4 is 5.73 Å². The minimum atomic E-state index is -0.0334. The van der Waals surface area contributed by atoms with E-state index in [1.807, 2.05) is 23.4 Å². The average molecular weight is 262 g/mol. The standard InChI is InChI=1S/C11H20ClN3S/c1-4-8(3)16-7-10(13)11-9(12)6-14-15(11)5-2/h6,8,10H,4-5,7,13H2,1-3H3. The Bertz CT molecular complexity index is 327. The smallest absolute Gasteiger partial charge is 0.0834 e. The van der Waals surface area contributed by atoms with Gasteiger partial charge in [-0.05, 0) is 13.3 Å². The molecule has 0 spiro atoms. The minimum Gasteiger partial charge on any atom is -0.322 e. The number of rotatable bonds is 6. The van der Waals surface area contributed by atoms with Gasteiger partial charge in [0, 0.05) is 17.5 Å². The van der Waals surface area contributed by atoms with E-state index in [-0.39, 0.29) is 6.04 Å². The Balaban J connectivity index is 2.64. The summed E-state index contributed by atoms with van der Waals surface area (Å²) in [5, 5.41) is 5.52. The monoisotopic (exact) mass is 261 g/mol. The van der Waals surface area contributed by atoms with Crippen molar-refractivity contribution in [2.75, 3.05) is 5.75 Å². The first-order chi connectivity index (χ1) is 7.60. The van der Waals surface area contributed by atoms with Crippen LogP contribution in [-0.2, 0) is 6.54 Å². The summed E-state index contributed by atoms with van der Waals surface area (Å²) in [7, 11) is 0. The number of thioether (sulfide) groups is 1. The number of nitrogens with zero attached hydrogens (tertiary/aromatic N) is 2. The Hall–Kier alpha value is -0.190. The fourth-order valence-electron chi connectivity index (χ4n) is 1.46. The molecule has 3 nitrogen and oxygen atoms in total. The molecule has 2 atom stereocenters. The van der Waals surface area contributed by atoms with E-state index in [0.717, 1.165) is 24.4 Å². The molecule has 0 saturated carbocycles. The second kappa shape index (κ2) is 6.52. The summed E-state index contributed by atoms with van der Waals surface area (Å²) in [6, 6.07) is -0.0334. The molecule has 5 heteroatoms. The lowest BCUT2D eigenvalue weighted by Gasteiger charge is -2.16. The Kier molecular flexibility index (Phi) is 5.66. The molecule has 16 heavy (non-hydrogen) atoms. The zero-order valence-electron chi connectivity index (χ0n) is 10.1. The topological polar surface area (TPSA) is 43.8 Å². The lowest BCUT2D eigenvalue weighted by Crippen LogP contribution is -2.19. The Morgan fingerprint density at radius 2 is 2.25 bits per heavy atom. The van der Waals surface area contributed by atoms with Crippen LogP contribution in [0.25, 0.3) is 0 Å². The van der Waals surface area contributed by atoms with Gasteiger partial charge >= 0.3 is 0 Å². The summed E-state index contributed by atoms with van der Waals surface area (Å²) in [6.45, 7) is 7.26. The summed E-state index contributed by atoms with van der Waals surface area (Å²) < 4.78 is 1.88. The van der Waals surface area contributed by atoms with E-state index in [1.165, 1.54) is 0 Å². The van der Waals surface area contributed by atoms with Gasteiger partial charge in [0.1, 0.15) is 0 Å². The fourth-order valence-corrected chi connectivity index (χ4v) is 2.67. The highest BCUT2D eigenvalue weighted by Gasteiger charge is 2.16. The molecule has 0 saturated heterocycles. The van der Waals surface area contributed by atoms with E-state index in [2.05, 4.69) is 18.9 Å². The number of hydrogen-bond acceptors (Lipinski definition) is 3. The van der Waals surface area contributed by atoms with Crippen LogP contribution in [0.2, 0.25) is 5.02 Å². The lowest BCUT2D eigenvalue weighted by atomic mass is 10.2. The van der Waals surface area contributed by atoms with Gasteiger partial charge in [0.25, 0.3) is 0 Å². The predicted octanol–water partition coefficient (Wildman–Crippen LogP) is 3.09. The number of aromatic nitrogens is 2. The second-order valence-corrected chi connectivity index (χ2v) is 5.73. The van der Waals surface area contributed by atoms with Crippen molar-refractivity contribution < 1.29 is 0 Å². The van der Waals surface area contributed by atoms with E-state index in [1.54, 1.807) is 6.20 Å². The van der Waals surface area contributed by atoms with Crippen molar-refractivity contribution in [1.29, 1.82) is 0 Å². The van der Waals surface area contributed by atoms with Crippen molar-refractivity contribution in [2.24, 2.45) is 5.73 Å². The van der Waals surface area contributed by atoms with Crippen molar-refractivity contribution in [3.05, 3.63) is 16.9 Å². The van der Waals surface area contributed by atoms with Gasteiger partial charge in [-0.1, -0.05) is 25.4 Å². The molecular weight excluding hydrogens is 242 g/mol. The van der Waals surface area contributed by atoms with Crippen molar-refractivity contribution >= 4 is 23.4 Å². The van der Waals surface area contributed by atoms with E-state index in [4.69, 9.17) is 17.3 Å². The molecule has 0 aliphatic carbocycles. The third-order valence-corrected chi connectivity index (χ3v) is 4.36. The van der Waals surface area contributed by atoms with Crippen LogP contribution in [0.1, 0.15) is 38.9 Å². The minimum absolute atomic E-state index is 0.0334. The summed E-state index contributed by atoms with van der Waals surface area (Å²) in [5.74, 6) is 0.889. The van der Waals surface area contributed by atoms with Crippen LogP contribution in [0.15, 0.2) is 6.20 Å². The van der Waals surface area contributed by atoms with Gasteiger partial charge in [0.2, 0.25) is 0 Å². The van der Waals surface area contributed by atoms with Gasteiger partial charge in [-0.2, -0.15) is 16.9 Å². The normalized spacial score (nSPS) is 15.1. The lowest BCUT2D eigenvalue weighted by molar-refractivity contribution is 0.592. The molecule has 2 N–H and O–H groups in total. The molecule has 1 aromatic rings. The maximum absolute atomic E-state index is 6.15. The van der Waals surface area contributed by atoms with Crippen LogP contribution in [0, 0.1) is 0 Å². The van der Waals surface area contributed by atoms with E-state index in [9.17, 15) is 0 Å². The molecule has 0 amide bonds. The first-order valence-electron chi connectivity index (χ1n) is 5.68. The van der Waals surface area contributed by atoms with Crippen molar-refractivity contribution in [3.63, 3.8) is 0 Å². The third-order valence-electron chi connectivity index (χ3n) is 2.62. The third kappa shape index (κ3) is 3.40. The Morgan fingerprint density at radius 3 is 2.81 bits per heavy atom. The zero-order valence-corrected chi connectivity index (χ0v) is 11.7. The second-order valence-electron chi connectivity index (χ2n) is 3.85. The Morgan fingerprint density at radius 1 is 1.56 bits per heavy atom. The molecule has 0 fully saturated rings. The molecule has 0 radical (unpaired) electrons. The SMILES string of the molecule is CCC(C)SCC(N)c1c(Cl)cnn1CC. The first kappa shape index (κ1) is 13.9. The summed E-state index contributed by atoms with van der Waals surface area (Å²) >= 11 is 7.98. The van der Waals surface area contributed by atoms with Gasteiger partial charge in [0.05, 0.1) is 23.0 Å². The molecule has 0 bridgehead atoms. The summed E-state index contributed by atoms with van der Waals surface area (Å²) in [5.41, 5.74) is 7.11. The van der Waals surface area contributed by atoms with E-state index >= 15 is 0 Å². The predicted molar refractivity (Wildman–Crippen MR) is 72.1 cm³/mol. The molecular formula is C11H20ClN3S. The molecule has 1 heterocycles. The molecule has 1 aromatic heterocycles.